The van der Waals surface area contributed by atoms with Gasteiger partial charge in [0.05, 0.1) is 6.04 Å². The fraction of sp³-hybridized carbons (Fsp3) is 0.600. The average molecular weight is 395 g/mol. The van der Waals surface area contributed by atoms with E-state index in [1.54, 1.807) is 0 Å². The van der Waals surface area contributed by atoms with Crippen molar-refractivity contribution >= 4 is 11.8 Å². The minimum absolute atomic E-state index is 0.0129. The molecule has 0 bridgehead atoms. The molecule has 1 unspecified atom stereocenters. The van der Waals surface area contributed by atoms with Crippen molar-refractivity contribution in [3.05, 3.63) is 35.4 Å². The van der Waals surface area contributed by atoms with Gasteiger partial charge in [-0.2, -0.15) is 13.2 Å². The summed E-state index contributed by atoms with van der Waals surface area (Å²) in [6, 6.07) is 8.52. The number of carbonyl (C=O) groups excluding carboxylic acids is 2. The van der Waals surface area contributed by atoms with Crippen LogP contribution in [0.2, 0.25) is 0 Å². The average Bonchev–Trinajstić information content (AvgIpc) is 2.71. The fourth-order valence-electron chi connectivity index (χ4n) is 4.70. The Kier molecular flexibility index (Phi) is 5.07. The van der Waals surface area contributed by atoms with Crippen molar-refractivity contribution in [1.29, 1.82) is 0 Å². The Hall–Kier alpha value is -2.09. The van der Waals surface area contributed by atoms with Gasteiger partial charge in [0.1, 0.15) is 0 Å². The standard InChI is InChI=1S/C20H24F3N3O2/c21-20(22,23)19(28)25-9-6-15(7-10-25)18(27)26-12-11-24-8-5-14-3-1-2-4-16(14)17(24)13-26/h1-4,15,17H,5-13H2. The number of carbonyl (C=O) groups is 2. The zero-order valence-corrected chi connectivity index (χ0v) is 15.6. The Balaban J connectivity index is 1.39. The summed E-state index contributed by atoms with van der Waals surface area (Å²) < 4.78 is 37.8. The Morgan fingerprint density at radius 3 is 2.36 bits per heavy atom. The number of hydrogen-bond donors (Lipinski definition) is 0. The molecule has 3 aliphatic heterocycles. The third-order valence-electron chi connectivity index (χ3n) is 6.26. The van der Waals surface area contributed by atoms with Crippen LogP contribution in [0.15, 0.2) is 24.3 Å². The van der Waals surface area contributed by atoms with E-state index >= 15 is 0 Å². The van der Waals surface area contributed by atoms with Gasteiger partial charge in [-0.3, -0.25) is 14.5 Å². The van der Waals surface area contributed by atoms with Gasteiger partial charge in [-0.25, -0.2) is 0 Å². The molecule has 0 N–H and O–H groups in total. The maximum atomic E-state index is 13.0. The molecule has 3 heterocycles. The maximum Gasteiger partial charge on any atom is 0.471 e. The molecule has 5 nitrogen and oxygen atoms in total. The molecule has 2 fully saturated rings. The van der Waals surface area contributed by atoms with Crippen LogP contribution in [0.25, 0.3) is 0 Å². The van der Waals surface area contributed by atoms with Crippen molar-refractivity contribution in [2.45, 2.75) is 31.5 Å². The molecule has 3 aliphatic rings. The molecule has 1 aromatic carbocycles. The number of hydrogen-bond acceptors (Lipinski definition) is 3. The molecule has 0 radical (unpaired) electrons. The molecule has 28 heavy (non-hydrogen) atoms. The maximum absolute atomic E-state index is 13.0. The molecule has 2 saturated heterocycles. The summed E-state index contributed by atoms with van der Waals surface area (Å²) in [7, 11) is 0. The Labute approximate surface area is 162 Å². The number of rotatable bonds is 1. The van der Waals surface area contributed by atoms with Gasteiger partial charge in [0.15, 0.2) is 0 Å². The lowest BCUT2D eigenvalue weighted by Crippen LogP contribution is -2.55. The number of halogens is 3. The lowest BCUT2D eigenvalue weighted by Gasteiger charge is -2.46. The van der Waals surface area contributed by atoms with E-state index in [1.807, 2.05) is 17.0 Å². The third-order valence-corrected chi connectivity index (χ3v) is 6.26. The zero-order valence-electron chi connectivity index (χ0n) is 15.6. The lowest BCUT2D eigenvalue weighted by atomic mass is 9.89. The topological polar surface area (TPSA) is 43.9 Å². The highest BCUT2D eigenvalue weighted by atomic mass is 19.4. The van der Waals surface area contributed by atoms with Gasteiger partial charge >= 0.3 is 12.1 Å². The van der Waals surface area contributed by atoms with E-state index in [9.17, 15) is 22.8 Å². The Bertz CT molecular complexity index is 759. The van der Waals surface area contributed by atoms with Gasteiger partial charge in [0.25, 0.3) is 0 Å². The van der Waals surface area contributed by atoms with E-state index in [4.69, 9.17) is 0 Å². The molecule has 1 aromatic rings. The van der Waals surface area contributed by atoms with Gasteiger partial charge in [-0.1, -0.05) is 24.3 Å². The van der Waals surface area contributed by atoms with Crippen LogP contribution < -0.4 is 0 Å². The van der Waals surface area contributed by atoms with Crippen LogP contribution in [0, 0.1) is 5.92 Å². The highest BCUT2D eigenvalue weighted by molar-refractivity contribution is 5.83. The lowest BCUT2D eigenvalue weighted by molar-refractivity contribution is -0.187. The monoisotopic (exact) mass is 395 g/mol. The van der Waals surface area contributed by atoms with Crippen molar-refractivity contribution in [2.24, 2.45) is 5.92 Å². The van der Waals surface area contributed by atoms with Crippen molar-refractivity contribution in [1.82, 2.24) is 14.7 Å². The Morgan fingerprint density at radius 2 is 1.64 bits per heavy atom. The summed E-state index contributed by atoms with van der Waals surface area (Å²) in [4.78, 5) is 29.5. The Morgan fingerprint density at radius 1 is 0.929 bits per heavy atom. The van der Waals surface area contributed by atoms with E-state index in [1.165, 1.54) is 11.1 Å². The first kappa shape index (κ1) is 19.2. The van der Waals surface area contributed by atoms with Crippen molar-refractivity contribution in [3.63, 3.8) is 0 Å². The second-order valence-electron chi connectivity index (χ2n) is 7.85. The van der Waals surface area contributed by atoms with Crippen molar-refractivity contribution in [3.8, 4) is 0 Å². The molecule has 0 aliphatic carbocycles. The minimum atomic E-state index is -4.85. The van der Waals surface area contributed by atoms with Gasteiger partial charge in [-0.05, 0) is 30.4 Å². The predicted octanol–water partition coefficient (Wildman–Crippen LogP) is 2.23. The summed E-state index contributed by atoms with van der Waals surface area (Å²) in [5, 5.41) is 0. The van der Waals surface area contributed by atoms with Crippen molar-refractivity contribution in [2.75, 3.05) is 39.3 Å². The highest BCUT2D eigenvalue weighted by Crippen LogP contribution is 2.33. The van der Waals surface area contributed by atoms with E-state index in [2.05, 4.69) is 17.0 Å². The molecule has 0 spiro atoms. The largest absolute Gasteiger partial charge is 0.471 e. The number of benzene rings is 1. The summed E-state index contributed by atoms with van der Waals surface area (Å²) >= 11 is 0. The van der Waals surface area contributed by atoms with Gasteiger partial charge < -0.3 is 9.80 Å². The smallest absolute Gasteiger partial charge is 0.339 e. The first-order chi connectivity index (χ1) is 13.3. The first-order valence-electron chi connectivity index (χ1n) is 9.81. The summed E-state index contributed by atoms with van der Waals surface area (Å²) in [5.41, 5.74) is 2.61. The summed E-state index contributed by atoms with van der Waals surface area (Å²) in [5.74, 6) is -2.09. The number of likely N-dealkylation sites (tertiary alicyclic amines) is 1. The molecular formula is C20H24F3N3O2. The highest BCUT2D eigenvalue weighted by Gasteiger charge is 2.44. The number of alkyl halides is 3. The van der Waals surface area contributed by atoms with Gasteiger partial charge in [0.2, 0.25) is 5.91 Å². The first-order valence-corrected chi connectivity index (χ1v) is 9.81. The summed E-state index contributed by atoms with van der Waals surface area (Å²) in [6.07, 6.45) is -3.24. The van der Waals surface area contributed by atoms with Crippen LogP contribution in [0.3, 0.4) is 0 Å². The number of amides is 2. The molecule has 1 atom stereocenters. The number of piperazine rings is 1. The van der Waals surface area contributed by atoms with E-state index < -0.39 is 12.1 Å². The van der Waals surface area contributed by atoms with E-state index in [0.717, 1.165) is 24.4 Å². The molecule has 4 rings (SSSR count). The third kappa shape index (κ3) is 3.62. The number of nitrogens with zero attached hydrogens (tertiary/aromatic N) is 3. The van der Waals surface area contributed by atoms with Crippen LogP contribution in [0.5, 0.6) is 0 Å². The molecular weight excluding hydrogens is 371 g/mol. The van der Waals surface area contributed by atoms with Crippen LogP contribution in [0.1, 0.15) is 30.0 Å². The SMILES string of the molecule is O=C(C1CCN(C(=O)C(F)(F)F)CC1)N1CCN2CCc3ccccc3C2C1. The van der Waals surface area contributed by atoms with Crippen molar-refractivity contribution < 1.29 is 22.8 Å². The number of piperidine rings is 1. The minimum Gasteiger partial charge on any atom is -0.339 e. The van der Waals surface area contributed by atoms with Crippen LogP contribution in [-0.2, 0) is 16.0 Å². The quantitative estimate of drug-likeness (QED) is 0.733. The van der Waals surface area contributed by atoms with Crippen LogP contribution in [0.4, 0.5) is 13.2 Å². The van der Waals surface area contributed by atoms with Crippen LogP contribution >= 0.6 is 0 Å². The second kappa shape index (κ2) is 7.39. The molecule has 8 heteroatoms. The molecule has 2 amide bonds. The van der Waals surface area contributed by atoms with Gasteiger partial charge in [0, 0.05) is 45.2 Å². The second-order valence-corrected chi connectivity index (χ2v) is 7.85. The van der Waals surface area contributed by atoms with Crippen LogP contribution in [-0.4, -0.2) is 72.0 Å². The predicted molar refractivity (Wildman–Crippen MR) is 96.4 cm³/mol. The normalized spacial score (nSPS) is 23.9. The molecule has 152 valence electrons. The number of fused-ring (bicyclic) bond motifs is 3. The summed E-state index contributed by atoms with van der Waals surface area (Å²) in [6.45, 7) is 3.05. The fourth-order valence-corrected chi connectivity index (χ4v) is 4.70. The zero-order chi connectivity index (χ0) is 19.9. The van der Waals surface area contributed by atoms with E-state index in [0.29, 0.717) is 25.9 Å². The van der Waals surface area contributed by atoms with E-state index in [-0.39, 0.29) is 31.0 Å². The molecule has 0 saturated carbocycles. The molecule has 0 aromatic heterocycles. The van der Waals surface area contributed by atoms with Gasteiger partial charge in [-0.15, -0.1) is 0 Å².